The third-order valence-electron chi connectivity index (χ3n) is 7.71. The summed E-state index contributed by atoms with van der Waals surface area (Å²) in [5.74, 6) is 1.45. The van der Waals surface area contributed by atoms with Gasteiger partial charge in [0.05, 0.1) is 11.7 Å². The Kier molecular flexibility index (Phi) is 8.55. The SMILES string of the molecule is CO[C@@H]1CN(C)C(=O)c2cc(NC(=O)NC3CCCC3)ccc2OC[C@@H](C)N(CC2CC2)C[C@@H]1C. The van der Waals surface area contributed by atoms with Gasteiger partial charge in [-0.1, -0.05) is 19.8 Å². The van der Waals surface area contributed by atoms with Gasteiger partial charge in [-0.25, -0.2) is 4.79 Å². The molecule has 1 aliphatic heterocycles. The smallest absolute Gasteiger partial charge is 0.319 e. The summed E-state index contributed by atoms with van der Waals surface area (Å²) in [5, 5.41) is 5.94. The molecule has 0 unspecified atom stereocenters. The lowest BCUT2D eigenvalue weighted by Gasteiger charge is -2.36. The Bertz CT molecular complexity index is 884. The predicted octanol–water partition coefficient (Wildman–Crippen LogP) is 3.97. The van der Waals surface area contributed by atoms with Crippen LogP contribution < -0.4 is 15.4 Å². The zero-order chi connectivity index (χ0) is 24.9. The number of fused-ring (bicyclic) bond motifs is 1. The number of nitrogens with one attached hydrogen (secondary N) is 2. The molecule has 4 rings (SSSR count). The van der Waals surface area contributed by atoms with Crippen molar-refractivity contribution in [3.8, 4) is 5.75 Å². The number of methoxy groups -OCH3 is 1. The minimum atomic E-state index is -0.232. The van der Waals surface area contributed by atoms with Crippen molar-refractivity contribution in [1.82, 2.24) is 15.1 Å². The number of rotatable bonds is 5. The number of urea groups is 1. The van der Waals surface area contributed by atoms with Gasteiger partial charge in [-0.15, -0.1) is 0 Å². The van der Waals surface area contributed by atoms with Gasteiger partial charge in [-0.2, -0.15) is 0 Å². The second-order valence-corrected chi connectivity index (χ2v) is 10.8. The predicted molar refractivity (Wildman–Crippen MR) is 137 cm³/mol. The summed E-state index contributed by atoms with van der Waals surface area (Å²) in [4.78, 5) is 30.2. The first-order valence-electron chi connectivity index (χ1n) is 13.2. The minimum absolute atomic E-state index is 0.0693. The van der Waals surface area contributed by atoms with Crippen LogP contribution >= 0.6 is 0 Å². The number of anilines is 1. The molecule has 1 aromatic carbocycles. The number of ether oxygens (including phenoxy) is 2. The van der Waals surface area contributed by atoms with Crippen molar-refractivity contribution >= 4 is 17.6 Å². The molecular formula is C27H42N4O4. The summed E-state index contributed by atoms with van der Waals surface area (Å²) in [6.45, 7) is 7.36. The van der Waals surface area contributed by atoms with Crippen molar-refractivity contribution in [2.45, 2.75) is 70.6 Å². The quantitative estimate of drug-likeness (QED) is 0.658. The topological polar surface area (TPSA) is 83.1 Å². The minimum Gasteiger partial charge on any atom is -0.491 e. The zero-order valence-corrected chi connectivity index (χ0v) is 21.7. The van der Waals surface area contributed by atoms with Crippen molar-refractivity contribution < 1.29 is 19.1 Å². The fourth-order valence-corrected chi connectivity index (χ4v) is 5.24. The zero-order valence-electron chi connectivity index (χ0n) is 21.7. The summed E-state index contributed by atoms with van der Waals surface area (Å²) < 4.78 is 12.1. The van der Waals surface area contributed by atoms with Crippen LogP contribution in [0.1, 0.15) is 62.7 Å². The highest BCUT2D eigenvalue weighted by atomic mass is 16.5. The van der Waals surface area contributed by atoms with Crippen molar-refractivity contribution in [1.29, 1.82) is 0 Å². The first-order valence-corrected chi connectivity index (χ1v) is 13.2. The summed E-state index contributed by atoms with van der Waals surface area (Å²) in [6.07, 6.45) is 6.87. The highest BCUT2D eigenvalue weighted by Crippen LogP contribution is 2.32. The molecule has 8 nitrogen and oxygen atoms in total. The number of likely N-dealkylation sites (N-methyl/N-ethyl adjacent to an activating group) is 1. The lowest BCUT2D eigenvalue weighted by atomic mass is 10.0. The van der Waals surface area contributed by atoms with Crippen LogP contribution in [0.15, 0.2) is 18.2 Å². The lowest BCUT2D eigenvalue weighted by molar-refractivity contribution is 0.00994. The molecule has 0 spiro atoms. The number of benzene rings is 1. The van der Waals surface area contributed by atoms with Gasteiger partial charge < -0.3 is 25.0 Å². The van der Waals surface area contributed by atoms with E-state index in [2.05, 4.69) is 29.4 Å². The Morgan fingerprint density at radius 1 is 1.14 bits per heavy atom. The van der Waals surface area contributed by atoms with E-state index in [1.165, 1.54) is 12.8 Å². The van der Waals surface area contributed by atoms with E-state index in [0.717, 1.165) is 44.7 Å². The van der Waals surface area contributed by atoms with E-state index in [4.69, 9.17) is 9.47 Å². The van der Waals surface area contributed by atoms with E-state index >= 15 is 0 Å². The first-order chi connectivity index (χ1) is 16.8. The van der Waals surface area contributed by atoms with Crippen LogP contribution in [-0.2, 0) is 4.74 Å². The third-order valence-corrected chi connectivity index (χ3v) is 7.71. The molecule has 2 fully saturated rings. The molecular weight excluding hydrogens is 444 g/mol. The largest absolute Gasteiger partial charge is 0.491 e. The van der Waals surface area contributed by atoms with Crippen LogP contribution in [0.5, 0.6) is 5.75 Å². The van der Waals surface area contributed by atoms with E-state index in [-0.39, 0.29) is 36.0 Å². The number of amides is 3. The van der Waals surface area contributed by atoms with E-state index in [9.17, 15) is 9.59 Å². The van der Waals surface area contributed by atoms with Crippen LogP contribution in [0.3, 0.4) is 0 Å². The molecule has 0 radical (unpaired) electrons. The van der Waals surface area contributed by atoms with Gasteiger partial charge in [-0.3, -0.25) is 9.69 Å². The number of nitrogens with zero attached hydrogens (tertiary/aromatic N) is 2. The van der Waals surface area contributed by atoms with Crippen LogP contribution in [0.2, 0.25) is 0 Å². The van der Waals surface area contributed by atoms with Crippen LogP contribution in [0.25, 0.3) is 0 Å². The molecule has 194 valence electrons. The van der Waals surface area contributed by atoms with Gasteiger partial charge in [0, 0.05) is 51.6 Å². The molecule has 2 N–H and O–H groups in total. The molecule has 0 aromatic heterocycles. The molecule has 2 aliphatic carbocycles. The Morgan fingerprint density at radius 2 is 1.89 bits per heavy atom. The standard InChI is InChI=1S/C27H42N4O4/c1-18-14-31(15-20-9-10-20)19(2)17-35-24-12-11-22(29-27(33)28-21-7-5-6-8-21)13-23(24)26(32)30(3)16-25(18)34-4/h11-13,18-21,25H,5-10,14-17H2,1-4H3,(H2,28,29,33)/t18-,19+,25+/m0/s1. The number of hydrogen-bond acceptors (Lipinski definition) is 5. The summed E-state index contributed by atoms with van der Waals surface area (Å²) in [5.41, 5.74) is 1.03. The fraction of sp³-hybridized carbons (Fsp3) is 0.704. The molecule has 3 amide bonds. The molecule has 3 aliphatic rings. The highest BCUT2D eigenvalue weighted by Gasteiger charge is 2.31. The Hall–Kier alpha value is -2.32. The lowest BCUT2D eigenvalue weighted by Crippen LogP contribution is -2.47. The first kappa shape index (κ1) is 25.8. The Labute approximate surface area is 209 Å². The average Bonchev–Trinajstić information content (AvgIpc) is 3.51. The van der Waals surface area contributed by atoms with E-state index < -0.39 is 0 Å². The number of carbonyl (C=O) groups excluding carboxylic acids is 2. The monoisotopic (exact) mass is 486 g/mol. The molecule has 1 aromatic rings. The molecule has 35 heavy (non-hydrogen) atoms. The van der Waals surface area contributed by atoms with Crippen LogP contribution in [-0.4, -0.2) is 80.3 Å². The summed E-state index contributed by atoms with van der Waals surface area (Å²) in [7, 11) is 3.52. The van der Waals surface area contributed by atoms with Gasteiger partial charge >= 0.3 is 6.03 Å². The summed E-state index contributed by atoms with van der Waals surface area (Å²) in [6, 6.07) is 5.54. The molecule has 0 saturated heterocycles. The molecule has 1 heterocycles. The van der Waals surface area contributed by atoms with Crippen molar-refractivity contribution in [2.24, 2.45) is 11.8 Å². The van der Waals surface area contributed by atoms with Crippen molar-refractivity contribution in [3.63, 3.8) is 0 Å². The van der Waals surface area contributed by atoms with Gasteiger partial charge in [0.15, 0.2) is 0 Å². The molecule has 0 bridgehead atoms. The van der Waals surface area contributed by atoms with E-state index in [1.54, 1.807) is 37.3 Å². The maximum atomic E-state index is 13.5. The second kappa shape index (κ2) is 11.6. The molecule has 2 saturated carbocycles. The van der Waals surface area contributed by atoms with Gasteiger partial charge in [0.1, 0.15) is 12.4 Å². The highest BCUT2D eigenvalue weighted by molar-refractivity contribution is 5.99. The third kappa shape index (κ3) is 6.88. The number of hydrogen-bond donors (Lipinski definition) is 2. The Morgan fingerprint density at radius 3 is 2.57 bits per heavy atom. The van der Waals surface area contributed by atoms with Crippen LogP contribution in [0.4, 0.5) is 10.5 Å². The normalized spacial score (nSPS) is 26.9. The summed E-state index contributed by atoms with van der Waals surface area (Å²) >= 11 is 0. The maximum absolute atomic E-state index is 13.5. The van der Waals surface area contributed by atoms with E-state index in [0.29, 0.717) is 30.2 Å². The number of carbonyl (C=O) groups is 2. The molecule has 8 heteroatoms. The fourth-order valence-electron chi connectivity index (χ4n) is 5.24. The second-order valence-electron chi connectivity index (χ2n) is 10.8. The van der Waals surface area contributed by atoms with Gasteiger partial charge in [-0.05, 0) is 62.6 Å². The van der Waals surface area contributed by atoms with Gasteiger partial charge in [0.2, 0.25) is 0 Å². The van der Waals surface area contributed by atoms with Gasteiger partial charge in [0.25, 0.3) is 5.91 Å². The van der Waals surface area contributed by atoms with Crippen molar-refractivity contribution in [3.05, 3.63) is 23.8 Å². The maximum Gasteiger partial charge on any atom is 0.319 e. The average molecular weight is 487 g/mol. The molecule has 3 atom stereocenters. The van der Waals surface area contributed by atoms with Crippen LogP contribution in [0, 0.1) is 11.8 Å². The van der Waals surface area contributed by atoms with E-state index in [1.807, 2.05) is 0 Å². The van der Waals surface area contributed by atoms with Crippen molar-refractivity contribution in [2.75, 3.05) is 45.7 Å². The Balaban J connectivity index is 1.54.